The molecule has 3 rings (SSSR count). The molecule has 2 fully saturated rings. The summed E-state index contributed by atoms with van der Waals surface area (Å²) < 4.78 is 5.14. The number of aromatic nitrogens is 2. The maximum Gasteiger partial charge on any atom is 0.222 e. The van der Waals surface area contributed by atoms with Crippen LogP contribution in [0.15, 0.2) is 12.4 Å². The van der Waals surface area contributed by atoms with Gasteiger partial charge in [-0.15, -0.1) is 0 Å². The van der Waals surface area contributed by atoms with Crippen LogP contribution in [0.4, 0.5) is 0 Å². The van der Waals surface area contributed by atoms with Gasteiger partial charge in [0, 0.05) is 64.2 Å². The van der Waals surface area contributed by atoms with E-state index < -0.39 is 0 Å². The summed E-state index contributed by atoms with van der Waals surface area (Å²) in [5, 5.41) is 0. The van der Waals surface area contributed by atoms with E-state index in [1.165, 1.54) is 0 Å². The van der Waals surface area contributed by atoms with E-state index in [2.05, 4.69) is 26.8 Å². The molecule has 1 amide bonds. The fourth-order valence-electron chi connectivity index (χ4n) is 3.94. The second kappa shape index (κ2) is 7.63. The van der Waals surface area contributed by atoms with Gasteiger partial charge in [0.05, 0.1) is 13.2 Å². The lowest BCUT2D eigenvalue weighted by molar-refractivity contribution is -0.131. The molecule has 7 heteroatoms. The van der Waals surface area contributed by atoms with Gasteiger partial charge in [0.25, 0.3) is 0 Å². The Labute approximate surface area is 144 Å². The summed E-state index contributed by atoms with van der Waals surface area (Å²) >= 11 is 0. The van der Waals surface area contributed by atoms with E-state index in [1.807, 2.05) is 11.1 Å². The van der Waals surface area contributed by atoms with E-state index in [4.69, 9.17) is 4.74 Å². The van der Waals surface area contributed by atoms with Gasteiger partial charge < -0.3 is 14.6 Å². The van der Waals surface area contributed by atoms with Crippen molar-refractivity contribution in [1.82, 2.24) is 24.7 Å². The predicted molar refractivity (Wildman–Crippen MR) is 91.5 cm³/mol. The first-order valence-corrected chi connectivity index (χ1v) is 8.81. The molecule has 0 aliphatic carbocycles. The van der Waals surface area contributed by atoms with Crippen molar-refractivity contribution in [3.05, 3.63) is 18.2 Å². The molecule has 0 radical (unpaired) electrons. The number of carbonyl (C=O) groups is 1. The van der Waals surface area contributed by atoms with Crippen LogP contribution in [0.3, 0.4) is 0 Å². The van der Waals surface area contributed by atoms with Gasteiger partial charge in [-0.05, 0) is 19.9 Å². The Morgan fingerprint density at radius 2 is 2.21 bits per heavy atom. The number of imidazole rings is 1. The van der Waals surface area contributed by atoms with Gasteiger partial charge in [-0.25, -0.2) is 4.98 Å². The molecule has 0 saturated carbocycles. The minimum Gasteiger partial charge on any atom is -0.383 e. The summed E-state index contributed by atoms with van der Waals surface area (Å²) in [6.45, 7) is 6.05. The number of ether oxygens (including phenoxy) is 1. The van der Waals surface area contributed by atoms with Crippen LogP contribution in [0.5, 0.6) is 0 Å². The minimum atomic E-state index is 0.0856. The number of aromatic amines is 1. The number of rotatable bonds is 5. The van der Waals surface area contributed by atoms with Crippen LogP contribution < -0.4 is 0 Å². The quantitative estimate of drug-likeness (QED) is 0.852. The molecule has 1 unspecified atom stereocenters. The maximum atomic E-state index is 12.4. The fourth-order valence-corrected chi connectivity index (χ4v) is 3.94. The molecule has 3 heterocycles. The number of methoxy groups -OCH3 is 1. The van der Waals surface area contributed by atoms with Gasteiger partial charge in [-0.3, -0.25) is 14.6 Å². The summed E-state index contributed by atoms with van der Waals surface area (Å²) in [5.41, 5.74) is 0.0856. The fraction of sp³-hybridized carbons (Fsp3) is 0.765. The monoisotopic (exact) mass is 335 g/mol. The van der Waals surface area contributed by atoms with E-state index in [0.717, 1.165) is 51.4 Å². The molecule has 0 bridgehead atoms. The van der Waals surface area contributed by atoms with Crippen molar-refractivity contribution in [2.75, 3.05) is 53.5 Å². The topological polar surface area (TPSA) is 64.7 Å². The van der Waals surface area contributed by atoms with Crippen molar-refractivity contribution in [3.8, 4) is 0 Å². The van der Waals surface area contributed by atoms with Gasteiger partial charge in [-0.2, -0.15) is 0 Å². The number of likely N-dealkylation sites (N-methyl/N-ethyl adjacent to an activating group) is 1. The summed E-state index contributed by atoms with van der Waals surface area (Å²) in [6, 6.07) is 0. The third kappa shape index (κ3) is 3.79. The first kappa shape index (κ1) is 17.4. The number of carbonyl (C=O) groups excluding carboxylic acids is 1. The van der Waals surface area contributed by atoms with Crippen LogP contribution in [-0.4, -0.2) is 89.6 Å². The molecule has 1 N–H and O–H groups in total. The first-order chi connectivity index (χ1) is 11.6. The Hall–Kier alpha value is -1.44. The third-order valence-electron chi connectivity index (χ3n) is 5.58. The Balaban J connectivity index is 1.66. The molecule has 1 aromatic rings. The third-order valence-corrected chi connectivity index (χ3v) is 5.58. The number of H-pyrrole nitrogens is 1. The van der Waals surface area contributed by atoms with E-state index >= 15 is 0 Å². The highest BCUT2D eigenvalue weighted by atomic mass is 16.5. The Morgan fingerprint density at radius 3 is 2.96 bits per heavy atom. The van der Waals surface area contributed by atoms with Gasteiger partial charge in [0.15, 0.2) is 0 Å². The van der Waals surface area contributed by atoms with E-state index in [0.29, 0.717) is 19.6 Å². The number of piperazine rings is 1. The summed E-state index contributed by atoms with van der Waals surface area (Å²) in [4.78, 5) is 26.9. The van der Waals surface area contributed by atoms with Crippen LogP contribution in [0, 0.1) is 0 Å². The lowest BCUT2D eigenvalue weighted by Crippen LogP contribution is -2.60. The summed E-state index contributed by atoms with van der Waals surface area (Å²) in [6.07, 6.45) is 6.26. The van der Waals surface area contributed by atoms with E-state index in [1.54, 1.807) is 13.3 Å². The second-order valence-electron chi connectivity index (χ2n) is 7.02. The average Bonchev–Trinajstić information content (AvgIpc) is 3.03. The zero-order chi connectivity index (χ0) is 17.0. The molecule has 2 aliphatic heterocycles. The zero-order valence-electron chi connectivity index (χ0n) is 14.8. The Bertz CT molecular complexity index is 535. The normalized spacial score (nSPS) is 26.9. The molecule has 2 aliphatic rings. The number of amides is 1. The average molecular weight is 335 g/mol. The lowest BCUT2D eigenvalue weighted by Gasteiger charge is -2.49. The van der Waals surface area contributed by atoms with Gasteiger partial charge in [-0.1, -0.05) is 0 Å². The minimum absolute atomic E-state index is 0.0856. The highest BCUT2D eigenvalue weighted by Gasteiger charge is 2.42. The largest absolute Gasteiger partial charge is 0.383 e. The van der Waals surface area contributed by atoms with E-state index in [-0.39, 0.29) is 11.4 Å². The standard InChI is InChI=1S/C17H29N5O2/c1-20-9-10-21(13-15-18-6-7-19-15)14-17(20)4-3-16(23)22(8-5-17)11-12-24-2/h6-7H,3-5,8-14H2,1-2H3,(H,18,19). The van der Waals surface area contributed by atoms with Crippen molar-refractivity contribution >= 4 is 5.91 Å². The van der Waals surface area contributed by atoms with Crippen LogP contribution in [0.2, 0.25) is 0 Å². The first-order valence-electron chi connectivity index (χ1n) is 8.81. The molecule has 1 aromatic heterocycles. The van der Waals surface area contributed by atoms with Crippen LogP contribution in [0.1, 0.15) is 25.1 Å². The van der Waals surface area contributed by atoms with Gasteiger partial charge >= 0.3 is 0 Å². The van der Waals surface area contributed by atoms with Crippen LogP contribution >= 0.6 is 0 Å². The number of hydrogen-bond donors (Lipinski definition) is 1. The molecule has 1 spiro atoms. The molecular weight excluding hydrogens is 306 g/mol. The SMILES string of the molecule is COCCN1CCC2(CCC1=O)CN(Cc1ncc[nH]1)CCN2C. The number of hydrogen-bond acceptors (Lipinski definition) is 5. The smallest absolute Gasteiger partial charge is 0.222 e. The number of nitrogens with one attached hydrogen (secondary N) is 1. The molecule has 7 nitrogen and oxygen atoms in total. The van der Waals surface area contributed by atoms with Crippen molar-refractivity contribution in [3.63, 3.8) is 0 Å². The summed E-state index contributed by atoms with van der Waals surface area (Å²) in [5.74, 6) is 1.28. The molecule has 2 saturated heterocycles. The lowest BCUT2D eigenvalue weighted by atomic mass is 9.86. The van der Waals surface area contributed by atoms with Crippen molar-refractivity contribution in [2.45, 2.75) is 31.3 Å². The van der Waals surface area contributed by atoms with Gasteiger partial charge in [0.2, 0.25) is 5.91 Å². The molecule has 134 valence electrons. The van der Waals surface area contributed by atoms with E-state index in [9.17, 15) is 4.79 Å². The van der Waals surface area contributed by atoms with Crippen molar-refractivity contribution in [2.24, 2.45) is 0 Å². The predicted octanol–water partition coefficient (Wildman–Crippen LogP) is 0.555. The van der Waals surface area contributed by atoms with Crippen molar-refractivity contribution in [1.29, 1.82) is 0 Å². The zero-order valence-corrected chi connectivity index (χ0v) is 14.8. The second-order valence-corrected chi connectivity index (χ2v) is 7.02. The number of likely N-dealkylation sites (tertiary alicyclic amines) is 1. The molecule has 24 heavy (non-hydrogen) atoms. The number of nitrogens with zero attached hydrogens (tertiary/aromatic N) is 4. The summed E-state index contributed by atoms with van der Waals surface area (Å²) in [7, 11) is 3.89. The highest BCUT2D eigenvalue weighted by Crippen LogP contribution is 2.32. The van der Waals surface area contributed by atoms with Gasteiger partial charge in [0.1, 0.15) is 5.82 Å². The van der Waals surface area contributed by atoms with Crippen LogP contribution in [0.25, 0.3) is 0 Å². The molecular formula is C17H29N5O2. The molecule has 1 atom stereocenters. The maximum absolute atomic E-state index is 12.4. The molecule has 0 aromatic carbocycles. The Morgan fingerprint density at radius 1 is 1.33 bits per heavy atom. The van der Waals surface area contributed by atoms with Crippen LogP contribution in [-0.2, 0) is 16.1 Å². The highest BCUT2D eigenvalue weighted by molar-refractivity contribution is 5.76. The van der Waals surface area contributed by atoms with Crippen molar-refractivity contribution < 1.29 is 9.53 Å². The Kier molecular flexibility index (Phi) is 5.53.